The summed E-state index contributed by atoms with van der Waals surface area (Å²) in [5.41, 5.74) is 0. The van der Waals surface area contributed by atoms with E-state index in [0.29, 0.717) is 11.0 Å². The molecule has 0 amide bonds. The van der Waals surface area contributed by atoms with Crippen LogP contribution in [0, 0.1) is 0 Å². The minimum Gasteiger partial charge on any atom is -0.477 e. The zero-order valence-corrected chi connectivity index (χ0v) is 56.9. The van der Waals surface area contributed by atoms with E-state index in [4.69, 9.17) is 18.9 Å². The molecular formula is C78H134NO8+. The number of carboxylic acid groups (broad SMARTS) is 1. The Morgan fingerprint density at radius 3 is 0.920 bits per heavy atom. The van der Waals surface area contributed by atoms with Crippen molar-refractivity contribution in [2.75, 3.05) is 47.5 Å². The molecule has 0 radical (unpaired) electrons. The fourth-order valence-electron chi connectivity index (χ4n) is 9.83. The molecule has 0 aliphatic carbocycles. The maximum Gasteiger partial charge on any atom is 0.361 e. The molecule has 9 nitrogen and oxygen atoms in total. The Balaban J connectivity index is 4.02. The van der Waals surface area contributed by atoms with Gasteiger partial charge in [0.15, 0.2) is 6.10 Å². The maximum absolute atomic E-state index is 12.9. The van der Waals surface area contributed by atoms with Crippen molar-refractivity contribution in [2.45, 2.75) is 309 Å². The highest BCUT2D eigenvalue weighted by molar-refractivity contribution is 5.71. The lowest BCUT2D eigenvalue weighted by molar-refractivity contribution is -0.870. The molecule has 498 valence electrons. The molecular weight excluding hydrogens is 1080 g/mol. The third-order valence-electron chi connectivity index (χ3n) is 15.2. The Bertz CT molecular complexity index is 1840. The fourth-order valence-corrected chi connectivity index (χ4v) is 9.83. The van der Waals surface area contributed by atoms with Crippen molar-refractivity contribution in [3.63, 3.8) is 0 Å². The average Bonchev–Trinajstić information content (AvgIpc) is 3.59. The van der Waals surface area contributed by atoms with Gasteiger partial charge in [-0.1, -0.05) is 302 Å². The van der Waals surface area contributed by atoms with E-state index < -0.39 is 24.3 Å². The predicted octanol–water partition coefficient (Wildman–Crippen LogP) is 22.4. The summed E-state index contributed by atoms with van der Waals surface area (Å²) < 4.78 is 22.9. The van der Waals surface area contributed by atoms with Gasteiger partial charge >= 0.3 is 17.9 Å². The zero-order chi connectivity index (χ0) is 63.3. The van der Waals surface area contributed by atoms with Gasteiger partial charge in [-0.2, -0.15) is 0 Å². The highest BCUT2D eigenvalue weighted by Crippen LogP contribution is 2.18. The summed E-state index contributed by atoms with van der Waals surface area (Å²) in [4.78, 5) is 37.6. The van der Waals surface area contributed by atoms with Crippen LogP contribution in [-0.4, -0.2) is 87.4 Å². The molecule has 0 heterocycles. The normalized spacial score (nSPS) is 13.4. The Kier molecular flexibility index (Phi) is 64.3. The second-order valence-electron chi connectivity index (χ2n) is 24.8. The van der Waals surface area contributed by atoms with Crippen molar-refractivity contribution >= 4 is 17.9 Å². The zero-order valence-electron chi connectivity index (χ0n) is 56.9. The minimum absolute atomic E-state index is 0.181. The molecule has 2 atom stereocenters. The number of allylic oxidation sites excluding steroid dienone is 20. The number of quaternary nitrogens is 1. The molecule has 0 fully saturated rings. The van der Waals surface area contributed by atoms with Crippen LogP contribution in [0.25, 0.3) is 0 Å². The number of rotatable bonds is 65. The maximum atomic E-state index is 12.9. The Labute approximate surface area is 536 Å². The summed E-state index contributed by atoms with van der Waals surface area (Å²) in [6.45, 7) is 4.64. The van der Waals surface area contributed by atoms with Gasteiger partial charge in [-0.05, 0) is 103 Å². The molecule has 0 saturated carbocycles. The second-order valence-corrected chi connectivity index (χ2v) is 24.8. The highest BCUT2D eigenvalue weighted by atomic mass is 16.7. The van der Waals surface area contributed by atoms with Crippen LogP contribution in [0.4, 0.5) is 0 Å². The lowest BCUT2D eigenvalue weighted by Crippen LogP contribution is -2.40. The first-order valence-electron chi connectivity index (χ1n) is 35.7. The van der Waals surface area contributed by atoms with Gasteiger partial charge in [0.1, 0.15) is 13.2 Å². The minimum atomic E-state index is -1.52. The number of esters is 2. The Morgan fingerprint density at radius 2 is 0.621 bits per heavy atom. The van der Waals surface area contributed by atoms with Crippen LogP contribution in [0.3, 0.4) is 0 Å². The van der Waals surface area contributed by atoms with Gasteiger partial charge in [0, 0.05) is 12.8 Å². The molecule has 87 heavy (non-hydrogen) atoms. The number of unbranched alkanes of at least 4 members (excludes halogenated alkanes) is 30. The number of nitrogens with zero attached hydrogens (tertiary/aromatic N) is 1. The smallest absolute Gasteiger partial charge is 0.361 e. The van der Waals surface area contributed by atoms with Crippen molar-refractivity contribution in [1.29, 1.82) is 0 Å². The summed E-state index contributed by atoms with van der Waals surface area (Å²) in [5, 5.41) is 9.74. The van der Waals surface area contributed by atoms with Crippen LogP contribution in [-0.2, 0) is 33.3 Å². The SMILES string of the molecule is CC/C=C\C/C=C\C/C=C\C/C=C\C/C=C\CCCCCCCCCCCCCCCCCCCCCCCCCCCC(=O)OC(COC(=O)CCCCCCC/C=C\C/C=C\C/C=C\C/C=C\C/C=C\CC)COC(OCC[N+](C)(C)C)C(=O)O. The van der Waals surface area contributed by atoms with E-state index in [1.165, 1.54) is 148 Å². The van der Waals surface area contributed by atoms with Crippen molar-refractivity contribution in [3.05, 3.63) is 122 Å². The van der Waals surface area contributed by atoms with Gasteiger partial charge in [0.05, 0.1) is 34.4 Å². The number of carboxylic acids is 1. The van der Waals surface area contributed by atoms with Crippen LogP contribution in [0.15, 0.2) is 122 Å². The molecule has 2 unspecified atom stereocenters. The molecule has 0 spiro atoms. The van der Waals surface area contributed by atoms with E-state index >= 15 is 0 Å². The van der Waals surface area contributed by atoms with Crippen LogP contribution in [0.5, 0.6) is 0 Å². The molecule has 0 bridgehead atoms. The summed E-state index contributed by atoms with van der Waals surface area (Å²) in [5.74, 6) is -2.03. The summed E-state index contributed by atoms with van der Waals surface area (Å²) in [6, 6.07) is 0. The monoisotopic (exact) mass is 1210 g/mol. The van der Waals surface area contributed by atoms with E-state index in [2.05, 4.69) is 135 Å². The van der Waals surface area contributed by atoms with E-state index in [9.17, 15) is 19.5 Å². The van der Waals surface area contributed by atoms with Gasteiger partial charge in [0.2, 0.25) is 0 Å². The molecule has 1 N–H and O–H groups in total. The largest absolute Gasteiger partial charge is 0.477 e. The van der Waals surface area contributed by atoms with Crippen LogP contribution < -0.4 is 0 Å². The lowest BCUT2D eigenvalue weighted by Gasteiger charge is -2.25. The summed E-state index contributed by atoms with van der Waals surface area (Å²) >= 11 is 0. The number of likely N-dealkylation sites (N-methyl/N-ethyl adjacent to an activating group) is 1. The molecule has 0 aromatic heterocycles. The standard InChI is InChI=1S/C78H133NO8/c1-6-8-10-12-14-16-18-20-22-24-26-28-29-30-31-32-33-34-35-36-37-38-39-40-41-42-43-44-45-46-47-49-51-53-55-57-59-61-63-65-67-69-76(81)87-74(73-86-78(77(82)83)84-71-70-79(3,4)5)72-85-75(80)68-66-64-62-60-58-56-54-52-50-48-27-25-23-21-19-17-15-13-11-9-7-2/h8-11,14-17,20-23,26-28,30-31,48,52,54,74,78H,6-7,12-13,18-19,24-25,29,32-47,49-51,53,55-73H2,1-5H3/p+1/b10-8-,11-9-,16-14-,17-15-,22-20-,23-21-,28-26-,31-30-,48-27-,54-52-. The fraction of sp³-hybridized carbons (Fsp3) is 0.705. The quantitative estimate of drug-likeness (QED) is 0.0211. The number of ether oxygens (including phenoxy) is 4. The van der Waals surface area contributed by atoms with Gasteiger partial charge in [-0.15, -0.1) is 0 Å². The van der Waals surface area contributed by atoms with E-state index in [0.717, 1.165) is 122 Å². The molecule has 0 aromatic rings. The summed E-state index contributed by atoms with van der Waals surface area (Å²) in [6.07, 6.45) is 93.3. The van der Waals surface area contributed by atoms with Crippen LogP contribution in [0.1, 0.15) is 296 Å². The van der Waals surface area contributed by atoms with Crippen LogP contribution in [0.2, 0.25) is 0 Å². The highest BCUT2D eigenvalue weighted by Gasteiger charge is 2.25. The molecule has 0 aliphatic rings. The van der Waals surface area contributed by atoms with Crippen molar-refractivity contribution in [1.82, 2.24) is 0 Å². The van der Waals surface area contributed by atoms with Gasteiger partial charge in [-0.25, -0.2) is 4.79 Å². The Morgan fingerprint density at radius 1 is 0.345 bits per heavy atom. The number of hydrogen-bond acceptors (Lipinski definition) is 7. The number of carbonyl (C=O) groups is 3. The van der Waals surface area contributed by atoms with Gasteiger partial charge < -0.3 is 28.5 Å². The molecule has 0 aromatic carbocycles. The molecule has 9 heteroatoms. The van der Waals surface area contributed by atoms with Crippen LogP contribution >= 0.6 is 0 Å². The number of carbonyl (C=O) groups excluding carboxylic acids is 2. The Hall–Kier alpha value is -4.31. The topological polar surface area (TPSA) is 108 Å². The average molecular weight is 1210 g/mol. The molecule has 0 aliphatic heterocycles. The first-order valence-corrected chi connectivity index (χ1v) is 35.7. The van der Waals surface area contributed by atoms with Crippen molar-refractivity contribution < 1.29 is 42.9 Å². The van der Waals surface area contributed by atoms with E-state index in [1.807, 2.05) is 21.1 Å². The van der Waals surface area contributed by atoms with Crippen molar-refractivity contribution in [2.24, 2.45) is 0 Å². The third kappa shape index (κ3) is 69.0. The summed E-state index contributed by atoms with van der Waals surface area (Å²) in [7, 11) is 5.97. The molecule has 0 rings (SSSR count). The lowest BCUT2D eigenvalue weighted by atomic mass is 10.0. The second kappa shape index (κ2) is 67.6. The van der Waals surface area contributed by atoms with E-state index in [1.54, 1.807) is 0 Å². The number of hydrogen-bond donors (Lipinski definition) is 1. The predicted molar refractivity (Wildman–Crippen MR) is 373 cm³/mol. The third-order valence-corrected chi connectivity index (χ3v) is 15.2. The van der Waals surface area contributed by atoms with Crippen molar-refractivity contribution in [3.8, 4) is 0 Å². The van der Waals surface area contributed by atoms with Gasteiger partial charge in [0.25, 0.3) is 6.29 Å². The molecule has 0 saturated heterocycles. The first kappa shape index (κ1) is 82.7. The first-order chi connectivity index (χ1) is 42.6. The van der Waals surface area contributed by atoms with E-state index in [-0.39, 0.29) is 38.6 Å². The number of aliphatic carboxylic acids is 1. The van der Waals surface area contributed by atoms with Gasteiger partial charge in [-0.3, -0.25) is 9.59 Å².